The third-order valence-electron chi connectivity index (χ3n) is 8.21. The SMILES string of the molecule is CC1=[C-]C(C)C=C1c1cccs1.CC1=[C-]C(C)C=C1c1cccs1.CC1=[C-]C(C)C=C1c1cccs1.CC1=[C-]C(C)C=C1c1cccs1.C[Si](C)=[Zr+2].C[Si](C)=[Zr+2].[Cl-].[Cl-]. The zero-order chi connectivity index (χ0) is 41.4. The fourth-order valence-corrected chi connectivity index (χ4v) is 9.37. The molecule has 0 nitrogen and oxygen atoms in total. The van der Waals surface area contributed by atoms with Gasteiger partial charge >= 0.3 is 83.7 Å². The second-order valence-corrected chi connectivity index (χ2v) is 37.0. The second-order valence-electron chi connectivity index (χ2n) is 14.5. The number of hydrogen-bond donors (Lipinski definition) is 0. The van der Waals surface area contributed by atoms with Gasteiger partial charge in [-0.2, -0.15) is 91.9 Å². The van der Waals surface area contributed by atoms with E-state index in [9.17, 15) is 0 Å². The summed E-state index contributed by atoms with van der Waals surface area (Å²) in [6, 6.07) is 17.0. The Balaban J connectivity index is 0.000000360. The molecule has 0 fully saturated rings. The van der Waals surface area contributed by atoms with Gasteiger partial charge in [-0.15, -0.1) is 0 Å². The number of rotatable bonds is 4. The number of allylic oxidation sites excluding steroid dienone is 16. The van der Waals surface area contributed by atoms with E-state index in [1.54, 1.807) is 92.0 Å². The molecule has 10 heteroatoms. The molecule has 0 saturated heterocycles. The summed E-state index contributed by atoms with van der Waals surface area (Å²) in [5.74, 6) is 1.95. The van der Waals surface area contributed by atoms with Crippen molar-refractivity contribution in [1.29, 1.82) is 0 Å². The molecule has 4 aliphatic carbocycles. The van der Waals surface area contributed by atoms with Gasteiger partial charge in [0.2, 0.25) is 0 Å². The Hall–Kier alpha value is -0.500. The van der Waals surface area contributed by atoms with Crippen LogP contribution in [0.1, 0.15) is 74.9 Å². The summed E-state index contributed by atoms with van der Waals surface area (Å²) in [5.41, 5.74) is 11.1. The van der Waals surface area contributed by atoms with Crippen LogP contribution in [-0.4, -0.2) is 10.9 Å². The molecule has 0 radical (unpaired) electrons. The molecule has 4 atom stereocenters. The monoisotopic (exact) mass is 1070 g/mol. The Bertz CT molecular complexity index is 1810. The first-order valence-corrected chi connectivity index (χ1v) is 34.9. The molecule has 304 valence electrons. The van der Waals surface area contributed by atoms with Gasteiger partial charge in [0.1, 0.15) is 0 Å². The van der Waals surface area contributed by atoms with Crippen molar-refractivity contribution >= 4 is 78.5 Å². The quantitative estimate of drug-likeness (QED) is 0.141. The van der Waals surface area contributed by atoms with E-state index in [1.165, 1.54) is 64.1 Å². The number of halogens is 2. The fourth-order valence-electron chi connectivity index (χ4n) is 6.14. The first-order chi connectivity index (χ1) is 26.5. The summed E-state index contributed by atoms with van der Waals surface area (Å²) in [5, 5.41) is 8.47. The molecule has 4 aromatic heterocycles. The van der Waals surface area contributed by atoms with Crippen molar-refractivity contribution in [3.05, 3.63) is 160 Å². The minimum atomic E-state index is 0. The Kier molecular flexibility index (Phi) is 27.7. The van der Waals surface area contributed by atoms with E-state index in [4.69, 9.17) is 0 Å². The predicted octanol–water partition coefficient (Wildman–Crippen LogP) is 9.70. The second kappa shape index (κ2) is 29.0. The van der Waals surface area contributed by atoms with Gasteiger partial charge in [0.05, 0.1) is 0 Å². The van der Waals surface area contributed by atoms with Gasteiger partial charge in [-0.1, -0.05) is 128 Å². The maximum atomic E-state index is 3.39. The zero-order valence-corrected chi connectivity index (χ0v) is 47.6. The Morgan fingerprint density at radius 3 is 0.690 bits per heavy atom. The van der Waals surface area contributed by atoms with Gasteiger partial charge in [0.25, 0.3) is 0 Å². The van der Waals surface area contributed by atoms with Crippen LogP contribution in [0.15, 0.2) is 117 Å². The summed E-state index contributed by atoms with van der Waals surface area (Å²) >= 11 is 10.7. The summed E-state index contributed by atoms with van der Waals surface area (Å²) in [6.07, 6.45) is 22.7. The van der Waals surface area contributed by atoms with Crippen LogP contribution in [0.3, 0.4) is 0 Å². The molecule has 58 heavy (non-hydrogen) atoms. The summed E-state index contributed by atoms with van der Waals surface area (Å²) < 4.78 is 0. The van der Waals surface area contributed by atoms with E-state index in [2.05, 4.69) is 200 Å². The van der Waals surface area contributed by atoms with Gasteiger partial charge in [-0.25, -0.2) is 22.3 Å². The molecule has 0 aromatic carbocycles. The van der Waals surface area contributed by atoms with Gasteiger partial charge in [0, 0.05) is 0 Å². The molecule has 0 N–H and O–H groups in total. The molecular weight excluding hydrogens is 1010 g/mol. The Labute approximate surface area is 410 Å². The van der Waals surface area contributed by atoms with Gasteiger partial charge < -0.3 is 24.8 Å². The predicted molar refractivity (Wildman–Crippen MR) is 251 cm³/mol. The molecular formula is C48H56Cl2S4Si2Zr2-2. The Morgan fingerprint density at radius 1 is 0.414 bits per heavy atom. The van der Waals surface area contributed by atoms with E-state index in [0.29, 0.717) is 23.7 Å². The molecule has 4 unspecified atom stereocenters. The average Bonchev–Trinajstić information content (AvgIpc) is 3.95. The van der Waals surface area contributed by atoms with Crippen LogP contribution in [-0.2, 0) is 46.7 Å². The molecule has 4 aromatic rings. The molecule has 0 saturated carbocycles. The van der Waals surface area contributed by atoms with Gasteiger partial charge in [0.15, 0.2) is 0 Å². The maximum absolute atomic E-state index is 3.39. The van der Waals surface area contributed by atoms with Crippen molar-refractivity contribution in [2.45, 2.75) is 81.6 Å². The van der Waals surface area contributed by atoms with Crippen LogP contribution in [0, 0.1) is 48.0 Å². The molecule has 0 amide bonds. The summed E-state index contributed by atoms with van der Waals surface area (Å²) in [6.45, 7) is 26.5. The van der Waals surface area contributed by atoms with E-state index in [-0.39, 0.29) is 35.7 Å². The summed E-state index contributed by atoms with van der Waals surface area (Å²) in [7, 11) is 0. The third-order valence-corrected chi connectivity index (χ3v) is 11.8. The molecule has 4 heterocycles. The maximum Gasteiger partial charge on any atom is -1.00 e. The molecule has 4 aliphatic rings. The zero-order valence-electron chi connectivity index (χ0n) is 35.9. The van der Waals surface area contributed by atoms with Crippen molar-refractivity contribution in [2.75, 3.05) is 0 Å². The smallest absolute Gasteiger partial charge is 1.00 e. The Morgan fingerprint density at radius 2 is 0.586 bits per heavy atom. The first kappa shape index (κ1) is 55.5. The fraction of sp³-hybridized carbons (Fsp3) is 0.333. The standard InChI is InChI=1S/4C11H11S.2C2H6Si.2ClH.2Zr/c4*1-8-6-9(2)10(7-8)11-4-3-5-12-11;2*1-3-2;;;;/h4*3-5,7-8H,1-2H3;2*1-2H3;2*1H;;/q4*-1;;;;;2*+2/p-2. The third kappa shape index (κ3) is 19.7. The van der Waals surface area contributed by atoms with Crippen molar-refractivity contribution in [3.63, 3.8) is 0 Å². The minimum Gasteiger partial charge on any atom is -1.00 e. The van der Waals surface area contributed by atoms with Crippen molar-refractivity contribution < 1.29 is 71.5 Å². The van der Waals surface area contributed by atoms with Crippen LogP contribution in [0.25, 0.3) is 22.3 Å². The van der Waals surface area contributed by atoms with E-state index in [1.807, 2.05) is 0 Å². The van der Waals surface area contributed by atoms with Gasteiger partial charge in [-0.3, -0.25) is 24.3 Å². The van der Waals surface area contributed by atoms with Crippen LogP contribution in [0.4, 0.5) is 0 Å². The van der Waals surface area contributed by atoms with E-state index < -0.39 is 0 Å². The van der Waals surface area contributed by atoms with Crippen molar-refractivity contribution in [2.24, 2.45) is 23.7 Å². The largest absolute Gasteiger partial charge is 1.00 e. The van der Waals surface area contributed by atoms with E-state index >= 15 is 0 Å². The normalized spacial score (nSPS) is 19.4. The van der Waals surface area contributed by atoms with Crippen LogP contribution in [0.2, 0.25) is 26.2 Å². The van der Waals surface area contributed by atoms with Crippen LogP contribution < -0.4 is 24.8 Å². The van der Waals surface area contributed by atoms with E-state index in [0.717, 1.165) is 0 Å². The minimum absolute atomic E-state index is 0. The molecule has 8 rings (SSSR count). The molecule has 0 spiro atoms. The number of thiophene rings is 4. The van der Waals surface area contributed by atoms with Crippen molar-refractivity contribution in [1.82, 2.24) is 0 Å². The molecule has 0 aliphatic heterocycles. The number of hydrogen-bond acceptors (Lipinski definition) is 4. The summed E-state index contributed by atoms with van der Waals surface area (Å²) in [4.78, 5) is 5.46. The van der Waals surface area contributed by atoms with Gasteiger partial charge in [-0.05, 0) is 41.0 Å². The topological polar surface area (TPSA) is 0 Å². The average molecular weight is 1070 g/mol. The van der Waals surface area contributed by atoms with Crippen molar-refractivity contribution in [3.8, 4) is 0 Å². The molecule has 0 bridgehead atoms. The van der Waals surface area contributed by atoms with Crippen LogP contribution >= 0.6 is 45.3 Å². The first-order valence-electron chi connectivity index (χ1n) is 19.0. The van der Waals surface area contributed by atoms with Crippen LogP contribution in [0.5, 0.6) is 0 Å².